The Kier molecular flexibility index (Phi) is 9.92. The van der Waals surface area contributed by atoms with Gasteiger partial charge in [0.2, 0.25) is 5.91 Å². The van der Waals surface area contributed by atoms with Crippen molar-refractivity contribution >= 4 is 23.2 Å². The first kappa shape index (κ1) is 19.9. The van der Waals surface area contributed by atoms with Crippen LogP contribution in [0.1, 0.15) is 31.9 Å². The molecule has 0 fully saturated rings. The third-order valence-corrected chi connectivity index (χ3v) is 3.91. The predicted octanol–water partition coefficient (Wildman–Crippen LogP) is 3.44. The van der Waals surface area contributed by atoms with Crippen LogP contribution < -0.4 is 4.90 Å². The van der Waals surface area contributed by atoms with Crippen molar-refractivity contribution in [3.63, 3.8) is 0 Å². The maximum absolute atomic E-state index is 12.3. The molecule has 0 N–H and O–H groups in total. The Morgan fingerprint density at radius 1 is 1.04 bits per heavy atom. The van der Waals surface area contributed by atoms with Crippen LogP contribution in [0, 0.1) is 0 Å². The van der Waals surface area contributed by atoms with E-state index >= 15 is 0 Å². The van der Waals surface area contributed by atoms with Crippen LogP contribution in [0.5, 0.6) is 0 Å². The van der Waals surface area contributed by atoms with Gasteiger partial charge in [0.25, 0.3) is 0 Å². The summed E-state index contributed by atoms with van der Waals surface area (Å²) < 4.78 is 10.8. The van der Waals surface area contributed by atoms with Crippen molar-refractivity contribution in [2.24, 2.45) is 0 Å². The van der Waals surface area contributed by atoms with Crippen molar-refractivity contribution < 1.29 is 14.3 Å². The maximum Gasteiger partial charge on any atom is 0.242 e. The van der Waals surface area contributed by atoms with E-state index in [4.69, 9.17) is 21.1 Å². The number of halogens is 1. The van der Waals surface area contributed by atoms with E-state index in [-0.39, 0.29) is 11.8 Å². The van der Waals surface area contributed by atoms with E-state index < -0.39 is 0 Å². The molecule has 0 aliphatic rings. The number of aryl methyl sites for hydroxylation is 2. The minimum absolute atomic E-state index is 0.0276. The second kappa shape index (κ2) is 11.4. The smallest absolute Gasteiger partial charge is 0.242 e. The lowest BCUT2D eigenvalue weighted by molar-refractivity contribution is -0.116. The highest BCUT2D eigenvalue weighted by molar-refractivity contribution is 6.29. The van der Waals surface area contributed by atoms with Crippen LogP contribution in [-0.4, -0.2) is 44.8 Å². The number of anilines is 1. The fourth-order valence-electron chi connectivity index (χ4n) is 2.52. The summed E-state index contributed by atoms with van der Waals surface area (Å²) in [4.78, 5) is 14.1. The van der Waals surface area contributed by atoms with Crippen LogP contribution >= 0.6 is 11.6 Å². The van der Waals surface area contributed by atoms with Crippen LogP contribution in [0.4, 0.5) is 5.69 Å². The Hall–Kier alpha value is -1.10. The normalized spacial score (nSPS) is 10.8. The van der Waals surface area contributed by atoms with Crippen LogP contribution in [0.15, 0.2) is 18.2 Å². The first-order valence-corrected chi connectivity index (χ1v) is 8.85. The number of para-hydroxylation sites is 1. The van der Waals surface area contributed by atoms with E-state index in [0.717, 1.165) is 29.7 Å². The summed E-state index contributed by atoms with van der Waals surface area (Å²) in [5, 5.41) is 0. The fourth-order valence-corrected chi connectivity index (χ4v) is 2.66. The number of benzene rings is 1. The summed E-state index contributed by atoms with van der Waals surface area (Å²) in [6.45, 7) is 8.91. The highest BCUT2D eigenvalue weighted by Crippen LogP contribution is 2.27. The fraction of sp³-hybridized carbons (Fsp3) is 0.611. The number of rotatable bonds is 11. The summed E-state index contributed by atoms with van der Waals surface area (Å²) >= 11 is 5.82. The van der Waals surface area contributed by atoms with Gasteiger partial charge in [0.1, 0.15) is 5.88 Å². The Labute approximate surface area is 144 Å². The Morgan fingerprint density at radius 3 is 2.17 bits per heavy atom. The number of carbonyl (C=O) groups is 1. The van der Waals surface area contributed by atoms with E-state index in [1.165, 1.54) is 0 Å². The van der Waals surface area contributed by atoms with E-state index in [0.29, 0.717) is 33.0 Å². The van der Waals surface area contributed by atoms with Crippen molar-refractivity contribution in [2.75, 3.05) is 43.8 Å². The molecule has 130 valence electrons. The zero-order chi connectivity index (χ0) is 17.1. The van der Waals surface area contributed by atoms with Crippen molar-refractivity contribution in [1.82, 2.24) is 0 Å². The summed E-state index contributed by atoms with van der Waals surface area (Å²) in [6, 6.07) is 6.18. The van der Waals surface area contributed by atoms with Crippen molar-refractivity contribution in [3.05, 3.63) is 29.3 Å². The lowest BCUT2D eigenvalue weighted by Gasteiger charge is -2.27. The zero-order valence-corrected chi connectivity index (χ0v) is 15.2. The molecule has 23 heavy (non-hydrogen) atoms. The monoisotopic (exact) mass is 341 g/mol. The van der Waals surface area contributed by atoms with Crippen molar-refractivity contribution in [3.8, 4) is 0 Å². The predicted molar refractivity (Wildman–Crippen MR) is 95.6 cm³/mol. The van der Waals surface area contributed by atoms with Gasteiger partial charge in [-0.05, 0) is 30.9 Å². The number of carbonyl (C=O) groups excluding carboxylic acids is 1. The van der Waals surface area contributed by atoms with Gasteiger partial charge in [0, 0.05) is 13.2 Å². The topological polar surface area (TPSA) is 38.8 Å². The summed E-state index contributed by atoms with van der Waals surface area (Å²) in [5.41, 5.74) is 3.32. The lowest BCUT2D eigenvalue weighted by Crippen LogP contribution is -2.36. The molecular formula is C18H28ClNO3. The minimum Gasteiger partial charge on any atom is -0.379 e. The molecule has 5 heteroatoms. The highest BCUT2D eigenvalue weighted by atomic mass is 35.5. The van der Waals surface area contributed by atoms with E-state index in [9.17, 15) is 4.79 Å². The average molecular weight is 342 g/mol. The highest BCUT2D eigenvalue weighted by Gasteiger charge is 2.20. The van der Waals surface area contributed by atoms with Gasteiger partial charge in [-0.1, -0.05) is 32.0 Å². The average Bonchev–Trinajstić information content (AvgIpc) is 2.60. The van der Waals surface area contributed by atoms with E-state index in [1.807, 2.05) is 13.0 Å². The second-order valence-electron chi connectivity index (χ2n) is 5.12. The minimum atomic E-state index is -0.0873. The van der Waals surface area contributed by atoms with Crippen LogP contribution in [0.2, 0.25) is 0 Å². The molecule has 0 saturated carbocycles. The number of amides is 1. The van der Waals surface area contributed by atoms with Gasteiger partial charge in [0.15, 0.2) is 0 Å². The van der Waals surface area contributed by atoms with Crippen LogP contribution in [0.3, 0.4) is 0 Å². The number of ether oxygens (including phenoxy) is 2. The summed E-state index contributed by atoms with van der Waals surface area (Å²) in [7, 11) is 0. The third kappa shape index (κ3) is 6.13. The molecule has 1 aromatic rings. The molecule has 0 aromatic heterocycles. The lowest BCUT2D eigenvalue weighted by atomic mass is 10.0. The number of nitrogens with zero attached hydrogens (tertiary/aromatic N) is 1. The van der Waals surface area contributed by atoms with Crippen LogP contribution in [0.25, 0.3) is 0 Å². The molecule has 1 amide bonds. The summed E-state index contributed by atoms with van der Waals surface area (Å²) in [5.74, 6) is -0.115. The molecule has 0 spiro atoms. The Bertz CT molecular complexity index is 457. The van der Waals surface area contributed by atoms with Gasteiger partial charge in [-0.3, -0.25) is 4.79 Å². The summed E-state index contributed by atoms with van der Waals surface area (Å²) in [6.07, 6.45) is 1.75. The SMILES string of the molecule is CCOCCOCCN(C(=O)CCl)c1c(CC)cccc1CC. The zero-order valence-electron chi connectivity index (χ0n) is 14.4. The second-order valence-corrected chi connectivity index (χ2v) is 5.39. The molecular weight excluding hydrogens is 314 g/mol. The molecule has 4 nitrogen and oxygen atoms in total. The Balaban J connectivity index is 2.84. The van der Waals surface area contributed by atoms with Gasteiger partial charge < -0.3 is 14.4 Å². The first-order chi connectivity index (χ1) is 11.2. The molecule has 1 aromatic carbocycles. The quantitative estimate of drug-likeness (QED) is 0.457. The maximum atomic E-state index is 12.3. The van der Waals surface area contributed by atoms with Crippen molar-refractivity contribution in [1.29, 1.82) is 0 Å². The number of hydrogen-bond acceptors (Lipinski definition) is 3. The van der Waals surface area contributed by atoms with Gasteiger partial charge >= 0.3 is 0 Å². The van der Waals surface area contributed by atoms with Crippen LogP contribution in [-0.2, 0) is 27.1 Å². The number of hydrogen-bond donors (Lipinski definition) is 0. The molecule has 0 saturated heterocycles. The standard InChI is InChI=1S/C18H28ClNO3/c1-4-15-8-7-9-16(5-2)18(15)20(17(21)14-19)10-11-23-13-12-22-6-3/h7-9H,4-6,10-14H2,1-3H3. The molecule has 0 aliphatic carbocycles. The van der Waals surface area contributed by atoms with Crippen molar-refractivity contribution in [2.45, 2.75) is 33.6 Å². The molecule has 1 rings (SSSR count). The Morgan fingerprint density at radius 2 is 1.65 bits per heavy atom. The van der Waals surface area contributed by atoms with E-state index in [2.05, 4.69) is 26.0 Å². The molecule has 0 heterocycles. The largest absolute Gasteiger partial charge is 0.379 e. The third-order valence-electron chi connectivity index (χ3n) is 3.69. The van der Waals surface area contributed by atoms with E-state index in [1.54, 1.807) is 4.90 Å². The van der Waals surface area contributed by atoms with Gasteiger partial charge in [-0.25, -0.2) is 0 Å². The molecule has 0 bridgehead atoms. The van der Waals surface area contributed by atoms with Gasteiger partial charge in [-0.15, -0.1) is 11.6 Å². The molecule has 0 atom stereocenters. The first-order valence-electron chi connectivity index (χ1n) is 8.32. The molecule has 0 unspecified atom stereocenters. The molecule has 0 aliphatic heterocycles. The van der Waals surface area contributed by atoms with Gasteiger partial charge in [-0.2, -0.15) is 0 Å². The number of alkyl halides is 1. The molecule has 0 radical (unpaired) electrons. The van der Waals surface area contributed by atoms with Gasteiger partial charge in [0.05, 0.1) is 25.5 Å².